The summed E-state index contributed by atoms with van der Waals surface area (Å²) in [4.78, 5) is 8.38. The summed E-state index contributed by atoms with van der Waals surface area (Å²) in [5.41, 5.74) is 2.89. The van der Waals surface area contributed by atoms with E-state index in [2.05, 4.69) is 26.5 Å². The van der Waals surface area contributed by atoms with E-state index in [1.54, 1.807) is 23.9 Å². The van der Waals surface area contributed by atoms with Gasteiger partial charge in [-0.25, -0.2) is 14.5 Å². The van der Waals surface area contributed by atoms with Crippen LogP contribution >= 0.6 is 11.3 Å². The van der Waals surface area contributed by atoms with Crippen molar-refractivity contribution in [1.82, 2.24) is 24.1 Å². The minimum Gasteiger partial charge on any atom is -0.475 e. The fourth-order valence-corrected chi connectivity index (χ4v) is 2.86. The molecular weight excluding hydrogens is 298 g/mol. The monoisotopic (exact) mass is 311 g/mol. The lowest BCUT2D eigenvalue weighted by Crippen LogP contribution is -2.08. The van der Waals surface area contributed by atoms with E-state index < -0.39 is 0 Å². The van der Waals surface area contributed by atoms with Crippen molar-refractivity contribution in [2.45, 2.75) is 6.54 Å². The number of rotatable bonds is 5. The number of hydrogen-bond donors (Lipinski definition) is 0. The van der Waals surface area contributed by atoms with Crippen LogP contribution < -0.4 is 4.74 Å². The van der Waals surface area contributed by atoms with Gasteiger partial charge in [-0.2, -0.15) is 11.3 Å². The smallest absolute Gasteiger partial charge is 0.231 e. The van der Waals surface area contributed by atoms with Crippen LogP contribution in [0.4, 0.5) is 0 Å². The predicted octanol–water partition coefficient (Wildman–Crippen LogP) is 2.73. The van der Waals surface area contributed by atoms with Gasteiger partial charge in [0.25, 0.3) is 0 Å². The van der Waals surface area contributed by atoms with Gasteiger partial charge in [0.15, 0.2) is 5.65 Å². The van der Waals surface area contributed by atoms with E-state index in [1.165, 1.54) is 0 Å². The molecular formula is C15H13N5OS. The molecule has 0 aliphatic heterocycles. The zero-order valence-corrected chi connectivity index (χ0v) is 12.5. The SMILES string of the molecule is c1cn(CCOc2ccc3ncc(-c4ccsc4)n3n2)cn1. The van der Waals surface area contributed by atoms with Gasteiger partial charge < -0.3 is 9.30 Å². The molecule has 0 aromatic carbocycles. The number of thiophene rings is 1. The molecule has 0 amide bonds. The maximum Gasteiger partial charge on any atom is 0.231 e. The molecule has 0 bridgehead atoms. The Balaban J connectivity index is 1.56. The average Bonchev–Trinajstić information content (AvgIpc) is 3.28. The number of nitrogens with zero attached hydrogens (tertiary/aromatic N) is 5. The molecule has 0 aliphatic rings. The molecule has 7 heteroatoms. The van der Waals surface area contributed by atoms with E-state index in [9.17, 15) is 0 Å². The van der Waals surface area contributed by atoms with Gasteiger partial charge in [0.1, 0.15) is 6.61 Å². The summed E-state index contributed by atoms with van der Waals surface area (Å²) in [5.74, 6) is 0.585. The fraction of sp³-hybridized carbons (Fsp3) is 0.133. The molecule has 0 saturated carbocycles. The highest BCUT2D eigenvalue weighted by Gasteiger charge is 2.08. The highest BCUT2D eigenvalue weighted by atomic mass is 32.1. The molecule has 0 fully saturated rings. The molecule has 4 aromatic rings. The number of aromatic nitrogens is 5. The topological polar surface area (TPSA) is 57.2 Å². The first kappa shape index (κ1) is 13.0. The highest BCUT2D eigenvalue weighted by molar-refractivity contribution is 7.08. The third kappa shape index (κ3) is 2.46. The van der Waals surface area contributed by atoms with Crippen molar-refractivity contribution >= 4 is 17.0 Å². The van der Waals surface area contributed by atoms with Crippen LogP contribution in [0, 0.1) is 0 Å². The van der Waals surface area contributed by atoms with Crippen LogP contribution in [0.3, 0.4) is 0 Å². The molecule has 4 heterocycles. The van der Waals surface area contributed by atoms with Gasteiger partial charge in [0.2, 0.25) is 5.88 Å². The summed E-state index contributed by atoms with van der Waals surface area (Å²) < 4.78 is 9.50. The molecule has 0 radical (unpaired) electrons. The van der Waals surface area contributed by atoms with E-state index in [0.29, 0.717) is 12.5 Å². The maximum absolute atomic E-state index is 5.72. The highest BCUT2D eigenvalue weighted by Crippen LogP contribution is 2.23. The third-order valence-corrected chi connectivity index (χ3v) is 4.00. The molecule has 0 unspecified atom stereocenters. The summed E-state index contributed by atoms with van der Waals surface area (Å²) in [6.07, 6.45) is 7.26. The minimum absolute atomic E-state index is 0.539. The van der Waals surface area contributed by atoms with Crippen molar-refractivity contribution in [2.24, 2.45) is 0 Å². The van der Waals surface area contributed by atoms with Crippen LogP contribution in [0.25, 0.3) is 16.9 Å². The zero-order chi connectivity index (χ0) is 14.8. The summed E-state index contributed by atoms with van der Waals surface area (Å²) >= 11 is 1.65. The van der Waals surface area contributed by atoms with Crippen molar-refractivity contribution < 1.29 is 4.74 Å². The quantitative estimate of drug-likeness (QED) is 0.568. The Kier molecular flexibility index (Phi) is 3.32. The van der Waals surface area contributed by atoms with Gasteiger partial charge >= 0.3 is 0 Å². The maximum atomic E-state index is 5.72. The van der Waals surface area contributed by atoms with Crippen LogP contribution in [-0.2, 0) is 6.54 Å². The number of fused-ring (bicyclic) bond motifs is 1. The Morgan fingerprint density at radius 3 is 3.05 bits per heavy atom. The van der Waals surface area contributed by atoms with Crippen molar-refractivity contribution in [3.05, 3.63) is 53.9 Å². The second kappa shape index (κ2) is 5.61. The van der Waals surface area contributed by atoms with Gasteiger partial charge in [0.05, 0.1) is 24.8 Å². The Hall–Kier alpha value is -2.67. The van der Waals surface area contributed by atoms with Crippen LogP contribution in [0.2, 0.25) is 0 Å². The van der Waals surface area contributed by atoms with E-state index in [4.69, 9.17) is 4.74 Å². The predicted molar refractivity (Wildman–Crippen MR) is 84.0 cm³/mol. The first-order valence-electron chi connectivity index (χ1n) is 6.86. The number of ether oxygens (including phenoxy) is 1. The Morgan fingerprint density at radius 1 is 1.23 bits per heavy atom. The summed E-state index contributed by atoms with van der Waals surface area (Å²) in [7, 11) is 0. The van der Waals surface area contributed by atoms with Gasteiger partial charge in [0, 0.05) is 29.4 Å². The lowest BCUT2D eigenvalue weighted by atomic mass is 10.3. The van der Waals surface area contributed by atoms with Crippen LogP contribution in [0.1, 0.15) is 0 Å². The first-order chi connectivity index (χ1) is 10.9. The largest absolute Gasteiger partial charge is 0.475 e. The molecule has 0 atom stereocenters. The molecule has 4 aromatic heterocycles. The second-order valence-corrected chi connectivity index (χ2v) is 5.53. The number of hydrogen-bond acceptors (Lipinski definition) is 5. The normalized spacial score (nSPS) is 11.1. The summed E-state index contributed by atoms with van der Waals surface area (Å²) in [6.45, 7) is 1.28. The Labute approximate surface area is 130 Å². The molecule has 0 N–H and O–H groups in total. The third-order valence-electron chi connectivity index (χ3n) is 3.31. The average molecular weight is 311 g/mol. The Morgan fingerprint density at radius 2 is 2.23 bits per heavy atom. The molecule has 6 nitrogen and oxygen atoms in total. The number of imidazole rings is 2. The Bertz CT molecular complexity index is 867. The van der Waals surface area contributed by atoms with Crippen molar-refractivity contribution in [1.29, 1.82) is 0 Å². The fourth-order valence-electron chi connectivity index (χ4n) is 2.22. The zero-order valence-electron chi connectivity index (χ0n) is 11.7. The molecule has 0 aliphatic carbocycles. The van der Waals surface area contributed by atoms with Crippen molar-refractivity contribution in [3.8, 4) is 17.1 Å². The standard InChI is InChI=1S/C15H13N5OS/c1-2-15(21-7-6-19-5-4-16-11-19)18-20-13(9-17-14(1)20)12-3-8-22-10-12/h1-5,8-11H,6-7H2. The molecule has 22 heavy (non-hydrogen) atoms. The molecule has 0 spiro atoms. The van der Waals surface area contributed by atoms with E-state index in [-0.39, 0.29) is 0 Å². The van der Waals surface area contributed by atoms with Crippen molar-refractivity contribution in [2.75, 3.05) is 6.61 Å². The van der Waals surface area contributed by atoms with Gasteiger partial charge in [-0.1, -0.05) is 0 Å². The van der Waals surface area contributed by atoms with Gasteiger partial charge in [-0.15, -0.1) is 5.10 Å². The summed E-state index contributed by atoms with van der Waals surface area (Å²) in [6, 6.07) is 5.81. The van der Waals surface area contributed by atoms with Crippen LogP contribution in [0.5, 0.6) is 5.88 Å². The molecule has 0 saturated heterocycles. The van der Waals surface area contributed by atoms with E-state index >= 15 is 0 Å². The first-order valence-corrected chi connectivity index (χ1v) is 7.80. The van der Waals surface area contributed by atoms with Crippen LogP contribution in [0.15, 0.2) is 53.9 Å². The van der Waals surface area contributed by atoms with Crippen molar-refractivity contribution in [3.63, 3.8) is 0 Å². The van der Waals surface area contributed by atoms with Gasteiger partial charge in [-0.3, -0.25) is 0 Å². The summed E-state index contributed by atoms with van der Waals surface area (Å²) in [5, 5.41) is 8.64. The van der Waals surface area contributed by atoms with Crippen LogP contribution in [-0.4, -0.2) is 30.8 Å². The molecule has 4 rings (SSSR count). The van der Waals surface area contributed by atoms with E-state index in [1.807, 2.05) is 39.0 Å². The minimum atomic E-state index is 0.539. The second-order valence-electron chi connectivity index (χ2n) is 4.75. The van der Waals surface area contributed by atoms with Gasteiger partial charge in [-0.05, 0) is 17.5 Å². The lowest BCUT2D eigenvalue weighted by Gasteiger charge is -2.06. The van der Waals surface area contributed by atoms with E-state index in [0.717, 1.165) is 23.4 Å². The molecule has 110 valence electrons. The lowest BCUT2D eigenvalue weighted by molar-refractivity contribution is 0.283.